The van der Waals surface area contributed by atoms with E-state index in [9.17, 15) is 14.4 Å². The Kier molecular flexibility index (Phi) is 6.49. The number of nitrogens with zero attached hydrogens (tertiary/aromatic N) is 1. The van der Waals surface area contributed by atoms with Crippen molar-refractivity contribution in [3.63, 3.8) is 0 Å². The molecule has 1 saturated heterocycles. The number of carbonyl (C=O) groups excluding carboxylic acids is 3. The van der Waals surface area contributed by atoms with Crippen molar-refractivity contribution in [3.05, 3.63) is 54.6 Å². The summed E-state index contributed by atoms with van der Waals surface area (Å²) in [6, 6.07) is 16.1. The first-order chi connectivity index (χ1) is 13.9. The van der Waals surface area contributed by atoms with Gasteiger partial charge in [-0.1, -0.05) is 38.1 Å². The van der Waals surface area contributed by atoms with Crippen molar-refractivity contribution in [1.29, 1.82) is 0 Å². The number of ether oxygens (including phenoxy) is 1. The quantitative estimate of drug-likeness (QED) is 0.777. The molecule has 0 bridgehead atoms. The van der Waals surface area contributed by atoms with Crippen LogP contribution in [-0.2, 0) is 14.3 Å². The van der Waals surface area contributed by atoms with E-state index in [0.717, 1.165) is 5.69 Å². The number of benzene rings is 2. The molecule has 0 aromatic heterocycles. The molecule has 152 valence electrons. The summed E-state index contributed by atoms with van der Waals surface area (Å²) in [6.07, 6.45) is -0.373. The fourth-order valence-corrected chi connectivity index (χ4v) is 3.06. The van der Waals surface area contributed by atoms with Crippen LogP contribution in [0.5, 0.6) is 0 Å². The number of hydrogen-bond acceptors (Lipinski definition) is 4. The van der Waals surface area contributed by atoms with Crippen molar-refractivity contribution < 1.29 is 19.1 Å². The van der Waals surface area contributed by atoms with E-state index in [2.05, 4.69) is 10.6 Å². The van der Waals surface area contributed by atoms with Gasteiger partial charge in [0.2, 0.25) is 11.8 Å². The number of amides is 3. The van der Waals surface area contributed by atoms with Crippen LogP contribution in [0.15, 0.2) is 54.6 Å². The Bertz CT molecular complexity index is 883. The second-order valence-corrected chi connectivity index (χ2v) is 7.43. The van der Waals surface area contributed by atoms with Gasteiger partial charge in [-0.25, -0.2) is 4.79 Å². The Morgan fingerprint density at radius 3 is 2.45 bits per heavy atom. The lowest BCUT2D eigenvalue weighted by Gasteiger charge is -2.16. The molecule has 3 rings (SSSR count). The van der Waals surface area contributed by atoms with Gasteiger partial charge in [0, 0.05) is 30.0 Å². The van der Waals surface area contributed by atoms with Crippen molar-refractivity contribution in [2.24, 2.45) is 11.8 Å². The number of nitrogens with one attached hydrogen (secondary N) is 2. The van der Waals surface area contributed by atoms with Crippen LogP contribution in [0.25, 0.3) is 0 Å². The molecule has 2 aromatic carbocycles. The zero-order chi connectivity index (χ0) is 20.8. The molecule has 1 fully saturated rings. The molecule has 1 unspecified atom stereocenters. The summed E-state index contributed by atoms with van der Waals surface area (Å²) in [5.41, 5.74) is 1.85. The fourth-order valence-electron chi connectivity index (χ4n) is 3.06. The standard InChI is InChI=1S/C22H25N3O4/c1-15(2)14-29-22(28)24-18-8-6-7-17(12-18)23-21(27)16-11-20(26)25(13-16)19-9-4-3-5-10-19/h3-10,12,15-16H,11,13-14H2,1-2H3,(H,23,27)(H,24,28). The molecule has 1 heterocycles. The van der Waals surface area contributed by atoms with E-state index in [1.165, 1.54) is 0 Å². The van der Waals surface area contributed by atoms with Gasteiger partial charge >= 0.3 is 6.09 Å². The molecule has 2 aromatic rings. The van der Waals surface area contributed by atoms with Gasteiger partial charge in [0.05, 0.1) is 12.5 Å². The molecule has 1 aliphatic rings. The molecule has 0 radical (unpaired) electrons. The Labute approximate surface area is 170 Å². The van der Waals surface area contributed by atoms with Gasteiger partial charge in [-0.05, 0) is 36.2 Å². The summed E-state index contributed by atoms with van der Waals surface area (Å²) in [5, 5.41) is 5.47. The SMILES string of the molecule is CC(C)COC(=O)Nc1cccc(NC(=O)C2CC(=O)N(c3ccccc3)C2)c1. The molecule has 3 amide bonds. The third-order valence-corrected chi connectivity index (χ3v) is 4.49. The summed E-state index contributed by atoms with van der Waals surface area (Å²) in [6.45, 7) is 4.58. The number of rotatable bonds is 6. The third kappa shape index (κ3) is 5.57. The van der Waals surface area contributed by atoms with Crippen molar-refractivity contribution in [1.82, 2.24) is 0 Å². The topological polar surface area (TPSA) is 87.7 Å². The summed E-state index contributed by atoms with van der Waals surface area (Å²) in [5.74, 6) is -0.484. The van der Waals surface area contributed by atoms with E-state index in [-0.39, 0.29) is 24.2 Å². The molecular weight excluding hydrogens is 370 g/mol. The Morgan fingerprint density at radius 1 is 1.07 bits per heavy atom. The lowest BCUT2D eigenvalue weighted by atomic mass is 10.1. The van der Waals surface area contributed by atoms with Crippen LogP contribution in [0.1, 0.15) is 20.3 Å². The van der Waals surface area contributed by atoms with Crippen molar-refractivity contribution in [2.45, 2.75) is 20.3 Å². The monoisotopic (exact) mass is 395 g/mol. The molecule has 0 spiro atoms. The smallest absolute Gasteiger partial charge is 0.411 e. The molecule has 0 saturated carbocycles. The zero-order valence-corrected chi connectivity index (χ0v) is 16.6. The molecule has 29 heavy (non-hydrogen) atoms. The predicted molar refractivity (Wildman–Crippen MR) is 112 cm³/mol. The van der Waals surface area contributed by atoms with Crippen molar-refractivity contribution >= 4 is 35.0 Å². The first-order valence-electron chi connectivity index (χ1n) is 9.62. The van der Waals surface area contributed by atoms with Crippen LogP contribution in [0.2, 0.25) is 0 Å². The number of hydrogen-bond donors (Lipinski definition) is 2. The van der Waals surface area contributed by atoms with Gasteiger partial charge in [0.15, 0.2) is 0 Å². The molecule has 1 aliphatic heterocycles. The number of anilines is 3. The highest BCUT2D eigenvalue weighted by atomic mass is 16.5. The van der Waals surface area contributed by atoms with E-state index >= 15 is 0 Å². The van der Waals surface area contributed by atoms with Gasteiger partial charge in [-0.3, -0.25) is 14.9 Å². The molecule has 7 nitrogen and oxygen atoms in total. The molecule has 7 heteroatoms. The first-order valence-corrected chi connectivity index (χ1v) is 9.62. The highest BCUT2D eigenvalue weighted by Gasteiger charge is 2.35. The van der Waals surface area contributed by atoms with Gasteiger partial charge in [0.25, 0.3) is 0 Å². The van der Waals surface area contributed by atoms with Crippen LogP contribution >= 0.6 is 0 Å². The Hall–Kier alpha value is -3.35. The van der Waals surface area contributed by atoms with Crippen molar-refractivity contribution in [3.8, 4) is 0 Å². The highest BCUT2D eigenvalue weighted by molar-refractivity contribution is 6.03. The van der Waals surface area contributed by atoms with Gasteiger partial charge < -0.3 is 15.0 Å². The second-order valence-electron chi connectivity index (χ2n) is 7.43. The molecule has 1 atom stereocenters. The summed E-state index contributed by atoms with van der Waals surface area (Å²) in [4.78, 5) is 38.4. The highest BCUT2D eigenvalue weighted by Crippen LogP contribution is 2.26. The van der Waals surface area contributed by atoms with Gasteiger partial charge in [-0.2, -0.15) is 0 Å². The maximum atomic E-state index is 12.6. The summed E-state index contributed by atoms with van der Waals surface area (Å²) >= 11 is 0. The fraction of sp³-hybridized carbons (Fsp3) is 0.318. The van der Waals surface area contributed by atoms with E-state index in [1.54, 1.807) is 29.2 Å². The minimum Gasteiger partial charge on any atom is -0.449 e. The summed E-state index contributed by atoms with van der Waals surface area (Å²) < 4.78 is 5.09. The predicted octanol–water partition coefficient (Wildman–Crippen LogP) is 3.88. The minimum absolute atomic E-state index is 0.0698. The second kappa shape index (κ2) is 9.23. The van der Waals surface area contributed by atoms with E-state index in [4.69, 9.17) is 4.74 Å². The molecule has 2 N–H and O–H groups in total. The van der Waals surface area contributed by atoms with E-state index < -0.39 is 12.0 Å². The molecule has 0 aliphatic carbocycles. The number of carbonyl (C=O) groups is 3. The van der Waals surface area contributed by atoms with E-state index in [0.29, 0.717) is 24.5 Å². The maximum absolute atomic E-state index is 12.6. The molecular formula is C22H25N3O4. The average molecular weight is 395 g/mol. The third-order valence-electron chi connectivity index (χ3n) is 4.49. The van der Waals surface area contributed by atoms with Gasteiger partial charge in [-0.15, -0.1) is 0 Å². The largest absolute Gasteiger partial charge is 0.449 e. The lowest BCUT2D eigenvalue weighted by Crippen LogP contribution is -2.28. The number of para-hydroxylation sites is 1. The lowest BCUT2D eigenvalue weighted by molar-refractivity contribution is -0.122. The summed E-state index contributed by atoms with van der Waals surface area (Å²) in [7, 11) is 0. The maximum Gasteiger partial charge on any atom is 0.411 e. The minimum atomic E-state index is -0.540. The van der Waals surface area contributed by atoms with E-state index in [1.807, 2.05) is 44.2 Å². The van der Waals surface area contributed by atoms with Gasteiger partial charge in [0.1, 0.15) is 0 Å². The Balaban J connectivity index is 1.58. The van der Waals surface area contributed by atoms with Crippen LogP contribution in [0, 0.1) is 11.8 Å². The average Bonchev–Trinajstić information content (AvgIpc) is 3.09. The normalized spacial score (nSPS) is 16.0. The Morgan fingerprint density at radius 2 is 1.76 bits per heavy atom. The first kappa shape index (κ1) is 20.4. The van der Waals surface area contributed by atoms with Crippen molar-refractivity contribution in [2.75, 3.05) is 28.7 Å². The van der Waals surface area contributed by atoms with Crippen LogP contribution in [0.4, 0.5) is 21.9 Å². The van der Waals surface area contributed by atoms with Crippen LogP contribution in [0.3, 0.4) is 0 Å². The van der Waals surface area contributed by atoms with Crippen LogP contribution < -0.4 is 15.5 Å². The zero-order valence-electron chi connectivity index (χ0n) is 16.6. The van der Waals surface area contributed by atoms with Crippen LogP contribution in [-0.4, -0.2) is 31.1 Å².